The number of rotatable bonds is 5. The molecule has 0 bridgehead atoms. The van der Waals surface area contributed by atoms with Gasteiger partial charge in [0.25, 0.3) is 5.91 Å². The monoisotopic (exact) mass is 362 g/mol. The van der Waals surface area contributed by atoms with Gasteiger partial charge < -0.3 is 10.0 Å². The number of carboxylic acids is 1. The second-order valence-electron chi connectivity index (χ2n) is 7.85. The summed E-state index contributed by atoms with van der Waals surface area (Å²) in [6.07, 6.45) is 4.23. The molecule has 0 saturated carbocycles. The van der Waals surface area contributed by atoms with Gasteiger partial charge in [0, 0.05) is 30.9 Å². The average molecular weight is 362 g/mol. The molecule has 3 rings (SSSR count). The topological polar surface area (TPSA) is 89.5 Å². The minimum Gasteiger partial charge on any atom is -0.480 e. The number of carbonyl (C=O) groups excluding carboxylic acids is 1. The number of carboxylic acid groups (broad SMARTS) is 1. The van der Waals surface area contributed by atoms with E-state index in [-0.39, 0.29) is 17.4 Å². The smallest absolute Gasteiger partial charge is 0.320 e. The Kier molecular flexibility index (Phi) is 5.37. The second-order valence-corrected chi connectivity index (χ2v) is 7.85. The number of amides is 1. The van der Waals surface area contributed by atoms with Gasteiger partial charge in [0.1, 0.15) is 6.04 Å². The van der Waals surface area contributed by atoms with E-state index >= 15 is 0 Å². The standard InChI is InChI=1S/C19H30N4O3/c1-4-8-23-12-19(11-15(23)18(25)26)6-9-22(10-7-19)17(24)16-13(3)14(5-2)20-21-16/h15H,4-12H2,1-3H3,(H,20,21)(H,25,26)/t15-/m0/s1. The number of carbonyl (C=O) groups is 2. The number of hydrogen-bond acceptors (Lipinski definition) is 4. The van der Waals surface area contributed by atoms with E-state index in [4.69, 9.17) is 0 Å². The molecule has 7 heteroatoms. The van der Waals surface area contributed by atoms with Gasteiger partial charge in [0.2, 0.25) is 0 Å². The molecule has 2 aliphatic rings. The molecule has 1 aromatic heterocycles. The maximum atomic E-state index is 12.8. The van der Waals surface area contributed by atoms with E-state index in [2.05, 4.69) is 22.0 Å². The highest BCUT2D eigenvalue weighted by atomic mass is 16.4. The molecular formula is C19H30N4O3. The Balaban J connectivity index is 1.66. The van der Waals surface area contributed by atoms with Crippen LogP contribution in [0.5, 0.6) is 0 Å². The Labute approximate surface area is 154 Å². The van der Waals surface area contributed by atoms with Gasteiger partial charge in [-0.2, -0.15) is 5.10 Å². The van der Waals surface area contributed by atoms with Crippen LogP contribution >= 0.6 is 0 Å². The quantitative estimate of drug-likeness (QED) is 0.837. The summed E-state index contributed by atoms with van der Waals surface area (Å²) in [4.78, 5) is 28.4. The van der Waals surface area contributed by atoms with E-state index in [1.54, 1.807) is 0 Å². The SMILES string of the molecule is CCCN1CC2(CCN(C(=O)c3n[nH]c(CC)c3C)CC2)C[C@H]1C(=O)O. The summed E-state index contributed by atoms with van der Waals surface area (Å²) >= 11 is 0. The van der Waals surface area contributed by atoms with Crippen LogP contribution in [0, 0.1) is 12.3 Å². The Morgan fingerprint density at radius 2 is 2.00 bits per heavy atom. The third kappa shape index (κ3) is 3.37. The largest absolute Gasteiger partial charge is 0.480 e. The third-order valence-corrected chi connectivity index (χ3v) is 6.18. The normalized spacial score (nSPS) is 22.9. The molecule has 3 heterocycles. The molecular weight excluding hydrogens is 332 g/mol. The Hall–Kier alpha value is -1.89. The zero-order valence-electron chi connectivity index (χ0n) is 16.0. The van der Waals surface area contributed by atoms with Crippen molar-refractivity contribution in [2.24, 2.45) is 5.41 Å². The van der Waals surface area contributed by atoms with Crippen LogP contribution < -0.4 is 0 Å². The molecule has 1 atom stereocenters. The lowest BCUT2D eigenvalue weighted by molar-refractivity contribution is -0.142. The summed E-state index contributed by atoms with van der Waals surface area (Å²) < 4.78 is 0. The fourth-order valence-corrected chi connectivity index (χ4v) is 4.59. The summed E-state index contributed by atoms with van der Waals surface area (Å²) in [6.45, 7) is 9.09. The van der Waals surface area contributed by atoms with Crippen molar-refractivity contribution in [3.05, 3.63) is 17.0 Å². The van der Waals surface area contributed by atoms with Gasteiger partial charge >= 0.3 is 5.97 Å². The van der Waals surface area contributed by atoms with Gasteiger partial charge in [0.15, 0.2) is 5.69 Å². The van der Waals surface area contributed by atoms with Gasteiger partial charge in [-0.3, -0.25) is 19.6 Å². The van der Waals surface area contributed by atoms with Crippen molar-refractivity contribution in [3.63, 3.8) is 0 Å². The zero-order valence-corrected chi connectivity index (χ0v) is 16.0. The summed E-state index contributed by atoms with van der Waals surface area (Å²) in [5, 5.41) is 16.7. The van der Waals surface area contributed by atoms with Crippen molar-refractivity contribution in [1.82, 2.24) is 20.0 Å². The molecule has 2 aliphatic heterocycles. The fraction of sp³-hybridized carbons (Fsp3) is 0.737. The van der Waals surface area contributed by atoms with Crippen LogP contribution in [0.1, 0.15) is 61.3 Å². The van der Waals surface area contributed by atoms with Crippen molar-refractivity contribution in [2.75, 3.05) is 26.2 Å². The van der Waals surface area contributed by atoms with E-state index < -0.39 is 5.97 Å². The number of aromatic amines is 1. The fourth-order valence-electron chi connectivity index (χ4n) is 4.59. The van der Waals surface area contributed by atoms with Gasteiger partial charge in [0.05, 0.1) is 0 Å². The number of piperidine rings is 1. The van der Waals surface area contributed by atoms with Crippen LogP contribution in [0.4, 0.5) is 0 Å². The summed E-state index contributed by atoms with van der Waals surface area (Å²) in [5.74, 6) is -0.723. The molecule has 2 N–H and O–H groups in total. The highest BCUT2D eigenvalue weighted by Crippen LogP contribution is 2.43. The maximum Gasteiger partial charge on any atom is 0.320 e. The van der Waals surface area contributed by atoms with Gasteiger partial charge in [-0.05, 0) is 51.0 Å². The molecule has 2 fully saturated rings. The van der Waals surface area contributed by atoms with Crippen LogP contribution in [0.15, 0.2) is 0 Å². The van der Waals surface area contributed by atoms with Crippen LogP contribution in [0.2, 0.25) is 0 Å². The molecule has 144 valence electrons. The van der Waals surface area contributed by atoms with Crippen molar-refractivity contribution in [2.45, 2.75) is 58.9 Å². The zero-order chi connectivity index (χ0) is 18.9. The Morgan fingerprint density at radius 3 is 2.54 bits per heavy atom. The summed E-state index contributed by atoms with van der Waals surface area (Å²) in [6, 6.07) is -0.377. The maximum absolute atomic E-state index is 12.8. The van der Waals surface area contributed by atoms with Crippen molar-refractivity contribution in [1.29, 1.82) is 0 Å². The van der Waals surface area contributed by atoms with Gasteiger partial charge in [-0.25, -0.2) is 0 Å². The van der Waals surface area contributed by atoms with E-state index in [1.165, 1.54) is 0 Å². The first-order valence-corrected chi connectivity index (χ1v) is 9.70. The lowest BCUT2D eigenvalue weighted by Gasteiger charge is -2.39. The highest BCUT2D eigenvalue weighted by Gasteiger charge is 2.48. The molecule has 1 spiro atoms. The number of hydrogen-bond donors (Lipinski definition) is 2. The van der Waals surface area contributed by atoms with Crippen LogP contribution in [0.3, 0.4) is 0 Å². The van der Waals surface area contributed by atoms with E-state index in [0.29, 0.717) is 25.2 Å². The number of H-pyrrole nitrogens is 1. The molecule has 0 radical (unpaired) electrons. The molecule has 0 aromatic carbocycles. The number of aliphatic carboxylic acids is 1. The first kappa shape index (κ1) is 18.9. The molecule has 0 unspecified atom stereocenters. The lowest BCUT2D eigenvalue weighted by Crippen LogP contribution is -2.44. The summed E-state index contributed by atoms with van der Waals surface area (Å²) in [5.41, 5.74) is 2.51. The van der Waals surface area contributed by atoms with E-state index in [0.717, 1.165) is 50.0 Å². The van der Waals surface area contributed by atoms with Crippen molar-refractivity contribution >= 4 is 11.9 Å². The minimum atomic E-state index is -0.715. The van der Waals surface area contributed by atoms with Gasteiger partial charge in [-0.1, -0.05) is 13.8 Å². The van der Waals surface area contributed by atoms with Crippen LogP contribution in [-0.2, 0) is 11.2 Å². The van der Waals surface area contributed by atoms with Crippen LogP contribution in [0.25, 0.3) is 0 Å². The van der Waals surface area contributed by atoms with Crippen molar-refractivity contribution < 1.29 is 14.7 Å². The summed E-state index contributed by atoms with van der Waals surface area (Å²) in [7, 11) is 0. The number of likely N-dealkylation sites (tertiary alicyclic amines) is 2. The predicted molar refractivity (Wildman–Crippen MR) is 98.2 cm³/mol. The Bertz CT molecular complexity index is 676. The third-order valence-electron chi connectivity index (χ3n) is 6.18. The van der Waals surface area contributed by atoms with Gasteiger partial charge in [-0.15, -0.1) is 0 Å². The molecule has 1 amide bonds. The first-order chi connectivity index (χ1) is 12.4. The predicted octanol–water partition coefficient (Wildman–Crippen LogP) is 2.07. The number of aryl methyl sites for hydroxylation is 1. The molecule has 26 heavy (non-hydrogen) atoms. The Morgan fingerprint density at radius 1 is 1.31 bits per heavy atom. The first-order valence-electron chi connectivity index (χ1n) is 9.70. The molecule has 0 aliphatic carbocycles. The van der Waals surface area contributed by atoms with Crippen LogP contribution in [-0.4, -0.2) is 69.2 Å². The number of aromatic nitrogens is 2. The molecule has 7 nitrogen and oxygen atoms in total. The molecule has 2 saturated heterocycles. The second kappa shape index (κ2) is 7.39. The van der Waals surface area contributed by atoms with Crippen molar-refractivity contribution in [3.8, 4) is 0 Å². The van der Waals surface area contributed by atoms with E-state index in [9.17, 15) is 14.7 Å². The lowest BCUT2D eigenvalue weighted by atomic mass is 9.76. The highest BCUT2D eigenvalue weighted by molar-refractivity contribution is 5.94. The molecule has 1 aromatic rings. The number of nitrogens with zero attached hydrogens (tertiary/aromatic N) is 3. The average Bonchev–Trinajstić information content (AvgIpc) is 3.16. The number of nitrogens with one attached hydrogen (secondary N) is 1. The minimum absolute atomic E-state index is 0.00787. The van der Waals surface area contributed by atoms with E-state index in [1.807, 2.05) is 18.7 Å².